The summed E-state index contributed by atoms with van der Waals surface area (Å²) >= 11 is 0. The molecule has 5 nitrogen and oxygen atoms in total. The third-order valence-electron chi connectivity index (χ3n) is 6.75. The Bertz CT molecular complexity index is 1400. The van der Waals surface area contributed by atoms with E-state index in [0.717, 1.165) is 47.8 Å². The van der Waals surface area contributed by atoms with Crippen LogP contribution in [0.25, 0.3) is 32.3 Å². The molecular formula is C29H29N3O2. The fraction of sp³-hybridized carbons (Fsp3) is 0.241. The van der Waals surface area contributed by atoms with E-state index in [-0.39, 0.29) is 18.2 Å². The lowest BCUT2D eigenvalue weighted by Gasteiger charge is -2.30. The smallest absolute Gasteiger partial charge is 0.238 e. The molecule has 0 radical (unpaired) electrons. The van der Waals surface area contributed by atoms with Gasteiger partial charge in [-0.15, -0.1) is 0 Å². The maximum atomic E-state index is 12.7. The first kappa shape index (κ1) is 22.1. The highest BCUT2D eigenvalue weighted by molar-refractivity contribution is 6.19. The zero-order chi connectivity index (χ0) is 23.5. The first-order valence-corrected chi connectivity index (χ1v) is 11.9. The van der Waals surface area contributed by atoms with Gasteiger partial charge in [0.2, 0.25) is 11.8 Å². The molecule has 5 heteroatoms. The van der Waals surface area contributed by atoms with Crippen LogP contribution in [0, 0.1) is 0 Å². The summed E-state index contributed by atoms with van der Waals surface area (Å²) in [5, 5.41) is 9.96. The first-order valence-electron chi connectivity index (χ1n) is 11.9. The van der Waals surface area contributed by atoms with Gasteiger partial charge in [-0.05, 0) is 58.9 Å². The summed E-state index contributed by atoms with van der Waals surface area (Å²) in [4.78, 5) is 26.8. The second kappa shape index (κ2) is 9.65. The lowest BCUT2D eigenvalue weighted by molar-refractivity contribution is -0.122. The zero-order valence-electron chi connectivity index (χ0n) is 19.2. The number of anilines is 1. The van der Waals surface area contributed by atoms with Gasteiger partial charge in [-0.25, -0.2) is 0 Å². The normalized spacial score (nSPS) is 15.8. The van der Waals surface area contributed by atoms with E-state index in [1.165, 1.54) is 22.6 Å². The van der Waals surface area contributed by atoms with Crippen molar-refractivity contribution in [3.63, 3.8) is 0 Å². The van der Waals surface area contributed by atoms with Crippen LogP contribution in [0.5, 0.6) is 0 Å². The van der Waals surface area contributed by atoms with Gasteiger partial charge >= 0.3 is 0 Å². The molecule has 1 aliphatic heterocycles. The van der Waals surface area contributed by atoms with Crippen molar-refractivity contribution in [2.45, 2.75) is 31.7 Å². The predicted octanol–water partition coefficient (Wildman–Crippen LogP) is 5.37. The molecular weight excluding hydrogens is 422 g/mol. The van der Waals surface area contributed by atoms with Crippen molar-refractivity contribution in [2.24, 2.45) is 5.73 Å². The monoisotopic (exact) mass is 451 g/mol. The summed E-state index contributed by atoms with van der Waals surface area (Å²) in [5.41, 5.74) is 6.40. The summed E-state index contributed by atoms with van der Waals surface area (Å²) in [6, 6.07) is 22.4. The number of carbonyl (C=O) groups excluding carboxylic acids is 2. The Kier molecular flexibility index (Phi) is 6.28. The minimum Gasteiger partial charge on any atom is -0.368 e. The fourth-order valence-corrected chi connectivity index (χ4v) is 5.06. The van der Waals surface area contributed by atoms with Crippen molar-refractivity contribution < 1.29 is 9.59 Å². The summed E-state index contributed by atoms with van der Waals surface area (Å²) in [5.74, 6) is -0.490. The number of likely N-dealkylation sites (tertiary alicyclic amines) is 1. The van der Waals surface area contributed by atoms with Crippen molar-refractivity contribution >= 4 is 49.8 Å². The Balaban J connectivity index is 1.36. The Morgan fingerprint density at radius 3 is 2.32 bits per heavy atom. The SMILES string of the molecule is NC(=O)C(C=CCC(=O)Nc1cccc2c1ccc1c3ccccc3ccc21)N1CCCCC1. The van der Waals surface area contributed by atoms with Gasteiger partial charge in [0.15, 0.2) is 0 Å². The van der Waals surface area contributed by atoms with Gasteiger partial charge in [0.25, 0.3) is 0 Å². The van der Waals surface area contributed by atoms with Gasteiger partial charge in [0, 0.05) is 17.5 Å². The maximum Gasteiger partial charge on any atom is 0.238 e. The number of hydrogen-bond donors (Lipinski definition) is 2. The van der Waals surface area contributed by atoms with Gasteiger partial charge in [0.1, 0.15) is 6.04 Å². The minimum absolute atomic E-state index is 0.121. The molecule has 1 atom stereocenters. The van der Waals surface area contributed by atoms with Gasteiger partial charge < -0.3 is 11.1 Å². The van der Waals surface area contributed by atoms with Crippen LogP contribution in [0.2, 0.25) is 0 Å². The van der Waals surface area contributed by atoms with Crippen molar-refractivity contribution in [1.29, 1.82) is 0 Å². The van der Waals surface area contributed by atoms with Crippen molar-refractivity contribution in [1.82, 2.24) is 4.90 Å². The molecule has 1 heterocycles. The molecule has 0 aromatic heterocycles. The Morgan fingerprint density at radius 2 is 1.50 bits per heavy atom. The number of nitrogens with one attached hydrogen (secondary N) is 1. The largest absolute Gasteiger partial charge is 0.368 e. The predicted molar refractivity (Wildman–Crippen MR) is 140 cm³/mol. The van der Waals surface area contributed by atoms with E-state index in [0.29, 0.717) is 0 Å². The van der Waals surface area contributed by atoms with Gasteiger partial charge in [-0.3, -0.25) is 14.5 Å². The summed E-state index contributed by atoms with van der Waals surface area (Å²) < 4.78 is 0. The van der Waals surface area contributed by atoms with Gasteiger partial charge in [-0.1, -0.05) is 79.2 Å². The third kappa shape index (κ3) is 4.39. The molecule has 1 unspecified atom stereocenters. The van der Waals surface area contributed by atoms with Crippen LogP contribution >= 0.6 is 0 Å². The fourth-order valence-electron chi connectivity index (χ4n) is 5.06. The van der Waals surface area contributed by atoms with Crippen molar-refractivity contribution in [3.8, 4) is 0 Å². The molecule has 0 bridgehead atoms. The summed E-state index contributed by atoms with van der Waals surface area (Å²) in [7, 11) is 0. The number of amides is 2. The summed E-state index contributed by atoms with van der Waals surface area (Å²) in [6.07, 6.45) is 7.05. The van der Waals surface area contributed by atoms with Crippen LogP contribution < -0.4 is 11.1 Å². The molecule has 1 aliphatic rings. The van der Waals surface area contributed by atoms with Crippen LogP contribution in [-0.2, 0) is 9.59 Å². The lowest BCUT2D eigenvalue weighted by Crippen LogP contribution is -2.45. The van der Waals surface area contributed by atoms with E-state index in [1.807, 2.05) is 12.1 Å². The van der Waals surface area contributed by atoms with E-state index < -0.39 is 6.04 Å². The van der Waals surface area contributed by atoms with Crippen LogP contribution in [0.15, 0.2) is 78.9 Å². The molecule has 2 amide bonds. The van der Waals surface area contributed by atoms with Crippen LogP contribution in [0.3, 0.4) is 0 Å². The van der Waals surface area contributed by atoms with Crippen LogP contribution in [-0.4, -0.2) is 35.8 Å². The standard InChI is InChI=1S/C29H29N3O2/c30-29(34)27(32-18-4-1-5-19-32)12-7-13-28(33)31-26-11-6-10-22-24-15-14-20-8-2-3-9-21(20)23(24)16-17-25(22)26/h2-3,6-12,14-17,27H,1,4-5,13,18-19H2,(H2,30,34)(H,31,33). The Morgan fingerprint density at radius 1 is 0.824 bits per heavy atom. The highest BCUT2D eigenvalue weighted by Crippen LogP contribution is 2.34. The summed E-state index contributed by atoms with van der Waals surface area (Å²) in [6.45, 7) is 1.73. The lowest BCUT2D eigenvalue weighted by atomic mass is 9.96. The highest BCUT2D eigenvalue weighted by Gasteiger charge is 2.22. The molecule has 34 heavy (non-hydrogen) atoms. The Labute approximate surface area is 199 Å². The number of primary amides is 1. The number of nitrogens with two attached hydrogens (primary N) is 1. The number of carbonyl (C=O) groups is 2. The molecule has 0 aliphatic carbocycles. The molecule has 1 saturated heterocycles. The van der Waals surface area contributed by atoms with Crippen LogP contribution in [0.4, 0.5) is 5.69 Å². The molecule has 172 valence electrons. The second-order valence-corrected chi connectivity index (χ2v) is 8.97. The molecule has 0 saturated carbocycles. The number of rotatable bonds is 6. The van der Waals surface area contributed by atoms with E-state index in [2.05, 4.69) is 64.8 Å². The molecule has 4 aromatic rings. The number of nitrogens with zero attached hydrogens (tertiary/aromatic N) is 1. The molecule has 5 rings (SSSR count). The first-order chi connectivity index (χ1) is 16.6. The average Bonchev–Trinajstić information content (AvgIpc) is 2.86. The average molecular weight is 452 g/mol. The number of benzene rings is 4. The molecule has 0 spiro atoms. The number of piperidine rings is 1. The third-order valence-corrected chi connectivity index (χ3v) is 6.75. The van der Waals surface area contributed by atoms with E-state index in [4.69, 9.17) is 5.73 Å². The van der Waals surface area contributed by atoms with E-state index >= 15 is 0 Å². The highest BCUT2D eigenvalue weighted by atomic mass is 16.2. The second-order valence-electron chi connectivity index (χ2n) is 8.97. The van der Waals surface area contributed by atoms with Crippen LogP contribution in [0.1, 0.15) is 25.7 Å². The van der Waals surface area contributed by atoms with E-state index in [1.54, 1.807) is 12.2 Å². The maximum absolute atomic E-state index is 12.7. The Hall–Kier alpha value is -3.70. The topological polar surface area (TPSA) is 75.4 Å². The van der Waals surface area contributed by atoms with E-state index in [9.17, 15) is 9.59 Å². The minimum atomic E-state index is -0.452. The van der Waals surface area contributed by atoms with Gasteiger partial charge in [-0.2, -0.15) is 0 Å². The van der Waals surface area contributed by atoms with Gasteiger partial charge in [0.05, 0.1) is 0 Å². The van der Waals surface area contributed by atoms with Crippen molar-refractivity contribution in [2.75, 3.05) is 18.4 Å². The number of hydrogen-bond acceptors (Lipinski definition) is 3. The number of fused-ring (bicyclic) bond motifs is 5. The molecule has 3 N–H and O–H groups in total. The van der Waals surface area contributed by atoms with Crippen molar-refractivity contribution in [3.05, 3.63) is 78.9 Å². The quantitative estimate of drug-likeness (QED) is 0.306. The zero-order valence-corrected chi connectivity index (χ0v) is 19.2. The molecule has 4 aromatic carbocycles. The molecule has 1 fully saturated rings.